The van der Waals surface area contributed by atoms with Crippen LogP contribution in [-0.4, -0.2) is 52.0 Å². The molecule has 1 N–H and O–H groups in total. The number of halogens is 1. The number of carbonyl (C=O) groups is 1. The van der Waals surface area contributed by atoms with Crippen molar-refractivity contribution in [2.24, 2.45) is 5.92 Å². The summed E-state index contributed by atoms with van der Waals surface area (Å²) < 4.78 is 1.88. The van der Waals surface area contributed by atoms with Crippen LogP contribution in [0, 0.1) is 5.92 Å². The number of hydrogen-bond acceptors (Lipinski definition) is 4. The third-order valence-corrected chi connectivity index (χ3v) is 5.83. The van der Waals surface area contributed by atoms with Gasteiger partial charge in [-0.15, -0.1) is 17.5 Å². The number of hydrogen-bond donors (Lipinski definition) is 1. The molecule has 2 aliphatic heterocycles. The van der Waals surface area contributed by atoms with E-state index >= 15 is 0 Å². The van der Waals surface area contributed by atoms with E-state index in [1.165, 1.54) is 5.56 Å². The van der Waals surface area contributed by atoms with Crippen LogP contribution in [0.15, 0.2) is 36.5 Å². The Kier molecular flexibility index (Phi) is 6.50. The molecular weight excluding hydrogens is 362 g/mol. The van der Waals surface area contributed by atoms with Crippen LogP contribution in [0.25, 0.3) is 0 Å². The molecule has 0 spiro atoms. The fraction of sp³-hybridized carbons (Fsp3) is 0.550. The Balaban J connectivity index is 0.00000210. The second-order valence-corrected chi connectivity index (χ2v) is 7.60. The third-order valence-electron chi connectivity index (χ3n) is 5.83. The van der Waals surface area contributed by atoms with Gasteiger partial charge < -0.3 is 10.2 Å². The molecule has 2 atom stereocenters. The van der Waals surface area contributed by atoms with Crippen molar-refractivity contribution in [3.05, 3.63) is 47.8 Å². The zero-order valence-corrected chi connectivity index (χ0v) is 16.6. The van der Waals surface area contributed by atoms with E-state index in [9.17, 15) is 4.79 Å². The van der Waals surface area contributed by atoms with Crippen LogP contribution >= 0.6 is 12.4 Å². The van der Waals surface area contributed by atoms with Crippen molar-refractivity contribution in [2.75, 3.05) is 26.2 Å². The Morgan fingerprint density at radius 2 is 1.89 bits per heavy atom. The number of aromatic nitrogens is 3. The number of nitrogens with one attached hydrogen (secondary N) is 1. The van der Waals surface area contributed by atoms with Gasteiger partial charge in [0.05, 0.1) is 12.2 Å². The second-order valence-electron chi connectivity index (χ2n) is 7.60. The minimum atomic E-state index is 0. The van der Waals surface area contributed by atoms with Gasteiger partial charge in [0, 0.05) is 13.1 Å². The topological polar surface area (TPSA) is 63.1 Å². The molecule has 7 heteroatoms. The number of nitrogens with zero attached hydrogens (tertiary/aromatic N) is 4. The Morgan fingerprint density at radius 3 is 2.59 bits per heavy atom. The Labute approximate surface area is 166 Å². The zero-order valence-electron chi connectivity index (χ0n) is 15.8. The molecule has 2 saturated heterocycles. The van der Waals surface area contributed by atoms with Gasteiger partial charge in [-0.25, -0.2) is 4.68 Å². The number of rotatable bonds is 3. The summed E-state index contributed by atoms with van der Waals surface area (Å²) >= 11 is 0. The molecule has 0 radical (unpaired) electrons. The molecule has 1 aromatic heterocycles. The van der Waals surface area contributed by atoms with Crippen LogP contribution in [0.5, 0.6) is 0 Å². The average Bonchev–Trinajstić information content (AvgIpc) is 3.19. The van der Waals surface area contributed by atoms with Gasteiger partial charge in [0.15, 0.2) is 5.69 Å². The molecule has 4 rings (SSSR count). The minimum Gasteiger partial charge on any atom is -0.337 e. The van der Waals surface area contributed by atoms with Crippen molar-refractivity contribution in [1.29, 1.82) is 0 Å². The highest BCUT2D eigenvalue weighted by molar-refractivity contribution is 5.92. The molecule has 2 unspecified atom stereocenters. The summed E-state index contributed by atoms with van der Waals surface area (Å²) in [5.74, 6) is 0.976. The van der Waals surface area contributed by atoms with Crippen LogP contribution in [-0.2, 0) is 0 Å². The van der Waals surface area contributed by atoms with E-state index in [4.69, 9.17) is 0 Å². The number of amides is 1. The van der Waals surface area contributed by atoms with Crippen molar-refractivity contribution < 1.29 is 4.79 Å². The lowest BCUT2D eigenvalue weighted by atomic mass is 9.81. The third kappa shape index (κ3) is 4.33. The van der Waals surface area contributed by atoms with E-state index < -0.39 is 0 Å². The SMILES string of the molecule is CC1CN(C(=O)c2cn(C3CCNCC3)nn2)CCC1c1ccccc1.Cl. The van der Waals surface area contributed by atoms with Gasteiger partial charge in [0.25, 0.3) is 5.91 Å². The number of benzene rings is 1. The van der Waals surface area contributed by atoms with Crippen molar-refractivity contribution in [3.8, 4) is 0 Å². The lowest BCUT2D eigenvalue weighted by Gasteiger charge is -2.36. The van der Waals surface area contributed by atoms with Crippen LogP contribution in [0.4, 0.5) is 0 Å². The molecule has 2 aliphatic rings. The van der Waals surface area contributed by atoms with Gasteiger partial charge in [0.1, 0.15) is 0 Å². The van der Waals surface area contributed by atoms with E-state index in [0.717, 1.165) is 45.4 Å². The predicted molar refractivity (Wildman–Crippen MR) is 107 cm³/mol. The molecule has 146 valence electrons. The lowest BCUT2D eigenvalue weighted by Crippen LogP contribution is -2.42. The smallest absolute Gasteiger partial charge is 0.276 e. The summed E-state index contributed by atoms with van der Waals surface area (Å²) in [6.07, 6.45) is 4.92. The quantitative estimate of drug-likeness (QED) is 0.876. The van der Waals surface area contributed by atoms with Crippen molar-refractivity contribution >= 4 is 18.3 Å². The normalized spacial score (nSPS) is 23.7. The van der Waals surface area contributed by atoms with Gasteiger partial charge in [0.2, 0.25) is 0 Å². The van der Waals surface area contributed by atoms with Crippen molar-refractivity contribution in [3.63, 3.8) is 0 Å². The zero-order chi connectivity index (χ0) is 17.9. The minimum absolute atomic E-state index is 0. The number of carbonyl (C=O) groups excluding carboxylic acids is 1. The summed E-state index contributed by atoms with van der Waals surface area (Å²) in [6, 6.07) is 11.0. The number of piperidine rings is 2. The van der Waals surface area contributed by atoms with Gasteiger partial charge in [-0.2, -0.15) is 0 Å². The lowest BCUT2D eigenvalue weighted by molar-refractivity contribution is 0.0654. The van der Waals surface area contributed by atoms with Crippen LogP contribution in [0.3, 0.4) is 0 Å². The largest absolute Gasteiger partial charge is 0.337 e. The fourth-order valence-electron chi connectivity index (χ4n) is 4.31. The molecule has 27 heavy (non-hydrogen) atoms. The van der Waals surface area contributed by atoms with Gasteiger partial charge >= 0.3 is 0 Å². The van der Waals surface area contributed by atoms with E-state index in [2.05, 4.69) is 52.9 Å². The molecule has 6 nitrogen and oxygen atoms in total. The first-order chi connectivity index (χ1) is 12.7. The highest BCUT2D eigenvalue weighted by Gasteiger charge is 2.31. The summed E-state index contributed by atoms with van der Waals surface area (Å²) in [6.45, 7) is 5.79. The maximum Gasteiger partial charge on any atom is 0.276 e. The summed E-state index contributed by atoms with van der Waals surface area (Å²) in [4.78, 5) is 14.8. The maximum absolute atomic E-state index is 12.9. The van der Waals surface area contributed by atoms with Crippen LogP contribution < -0.4 is 5.32 Å². The Morgan fingerprint density at radius 1 is 1.15 bits per heavy atom. The van der Waals surface area contributed by atoms with Gasteiger partial charge in [-0.1, -0.05) is 42.5 Å². The predicted octanol–water partition coefficient (Wildman–Crippen LogP) is 2.89. The van der Waals surface area contributed by atoms with E-state index in [-0.39, 0.29) is 18.3 Å². The van der Waals surface area contributed by atoms with E-state index in [1.54, 1.807) is 0 Å². The van der Waals surface area contributed by atoms with Crippen LogP contribution in [0.1, 0.15) is 54.2 Å². The molecule has 2 fully saturated rings. The Bertz CT molecular complexity index is 744. The first kappa shape index (κ1) is 19.8. The summed E-state index contributed by atoms with van der Waals surface area (Å²) in [7, 11) is 0. The first-order valence-electron chi connectivity index (χ1n) is 9.69. The standard InChI is InChI=1S/C20H27N5O.ClH/c1-15-13-24(12-9-18(15)16-5-3-2-4-6-16)20(26)19-14-25(23-22-19)17-7-10-21-11-8-17;/h2-6,14-15,17-18,21H,7-13H2,1H3;1H. The van der Waals surface area contributed by atoms with Crippen molar-refractivity contribution in [1.82, 2.24) is 25.2 Å². The highest BCUT2D eigenvalue weighted by atomic mass is 35.5. The number of likely N-dealkylation sites (tertiary alicyclic amines) is 1. The molecule has 2 aromatic rings. The monoisotopic (exact) mass is 389 g/mol. The highest BCUT2D eigenvalue weighted by Crippen LogP contribution is 2.33. The van der Waals surface area contributed by atoms with Crippen molar-refractivity contribution in [2.45, 2.75) is 38.1 Å². The molecule has 3 heterocycles. The molecule has 0 saturated carbocycles. The van der Waals surface area contributed by atoms with Crippen LogP contribution in [0.2, 0.25) is 0 Å². The summed E-state index contributed by atoms with van der Waals surface area (Å²) in [5.41, 5.74) is 1.86. The first-order valence-corrected chi connectivity index (χ1v) is 9.69. The van der Waals surface area contributed by atoms with E-state index in [0.29, 0.717) is 23.6 Å². The molecule has 1 aromatic carbocycles. The fourth-order valence-corrected chi connectivity index (χ4v) is 4.31. The van der Waals surface area contributed by atoms with Gasteiger partial charge in [-0.3, -0.25) is 4.79 Å². The summed E-state index contributed by atoms with van der Waals surface area (Å²) in [5, 5.41) is 11.8. The van der Waals surface area contributed by atoms with E-state index in [1.807, 2.05) is 15.8 Å². The molecule has 0 aliphatic carbocycles. The average molecular weight is 390 g/mol. The molecule has 0 bridgehead atoms. The maximum atomic E-state index is 12.9. The second kappa shape index (κ2) is 8.85. The molecule has 1 amide bonds. The Hall–Kier alpha value is -1.92. The van der Waals surface area contributed by atoms with Gasteiger partial charge in [-0.05, 0) is 49.8 Å². The molecular formula is C20H28ClN5O.